The van der Waals surface area contributed by atoms with Crippen molar-refractivity contribution in [3.8, 4) is 0 Å². The van der Waals surface area contributed by atoms with Crippen molar-refractivity contribution in [2.45, 2.75) is 65.8 Å². The lowest BCUT2D eigenvalue weighted by molar-refractivity contribution is 0.0516. The molecule has 0 aliphatic heterocycles. The molecule has 0 radical (unpaired) electrons. The molecule has 0 fully saturated rings. The van der Waals surface area contributed by atoms with Crippen LogP contribution >= 0.6 is 58.6 Å². The maximum Gasteiger partial charge on any atom is 0.343 e. The van der Waals surface area contributed by atoms with Crippen molar-refractivity contribution in [3.05, 3.63) is 208 Å². The van der Waals surface area contributed by atoms with Crippen LogP contribution in [0.2, 0.25) is 5.15 Å². The zero-order valence-corrected chi connectivity index (χ0v) is 56.3. The number of aromatic carboxylic acids is 1. The molecule has 0 saturated heterocycles. The van der Waals surface area contributed by atoms with E-state index in [2.05, 4.69) is 71.1 Å². The molecule has 93 heavy (non-hydrogen) atoms. The predicted octanol–water partition coefficient (Wildman–Crippen LogP) is 10.4. The average Bonchev–Trinajstić information content (AvgIpc) is 3.09. The Morgan fingerprint density at radius 1 is 0.452 bits per heavy atom. The zero-order valence-electron chi connectivity index (χ0n) is 51.4. The maximum atomic E-state index is 11.9. The fourth-order valence-electron chi connectivity index (χ4n) is 7.23. The second kappa shape index (κ2) is 40.5. The summed E-state index contributed by atoms with van der Waals surface area (Å²) in [7, 11) is -1.32. The van der Waals surface area contributed by atoms with Gasteiger partial charge in [0.25, 0.3) is 11.8 Å². The number of hydrogen-bond donors (Lipinski definition) is 7. The van der Waals surface area contributed by atoms with Crippen molar-refractivity contribution in [2.75, 3.05) is 65.8 Å². The molecular weight excluding hydrogens is 1310 g/mol. The molecule has 4 aromatic carbocycles. The third-order valence-corrected chi connectivity index (χ3v) is 15.0. The van der Waals surface area contributed by atoms with Crippen molar-refractivity contribution >= 4 is 122 Å². The molecule has 0 saturated carbocycles. The van der Waals surface area contributed by atoms with E-state index in [1.54, 1.807) is 13.8 Å². The van der Waals surface area contributed by atoms with Crippen LogP contribution < -0.4 is 32.7 Å². The number of esters is 2. The summed E-state index contributed by atoms with van der Waals surface area (Å²) in [6.07, 6.45) is 15.9. The van der Waals surface area contributed by atoms with Gasteiger partial charge in [-0.25, -0.2) is 64.2 Å². The normalized spacial score (nSPS) is 10.5. The number of thioether (sulfide) groups is 4. The quantitative estimate of drug-likeness (QED) is 0.0128. The van der Waals surface area contributed by atoms with Gasteiger partial charge in [0.2, 0.25) is 5.16 Å². The third-order valence-electron chi connectivity index (χ3n) is 11.7. The summed E-state index contributed by atoms with van der Waals surface area (Å²) in [5.41, 5.74) is 16.0. The van der Waals surface area contributed by atoms with Crippen LogP contribution in [0.1, 0.15) is 87.9 Å². The highest BCUT2D eigenvalue weighted by atomic mass is 35.5. The molecule has 5 heterocycles. The molecule has 0 bridgehead atoms. The number of amides is 2. The van der Waals surface area contributed by atoms with Crippen LogP contribution in [0.3, 0.4) is 0 Å². The molecule has 9 aromatic rings. The number of nitrogens with zero attached hydrogens (tertiary/aromatic N) is 10. The number of aromatic nitrogens is 10. The molecule has 9 N–H and O–H groups in total. The van der Waals surface area contributed by atoms with Crippen molar-refractivity contribution < 1.29 is 42.8 Å². The van der Waals surface area contributed by atoms with E-state index in [0.29, 0.717) is 94.4 Å². The number of carboxylic acids is 1. The van der Waals surface area contributed by atoms with Crippen LogP contribution in [0.25, 0.3) is 0 Å². The first kappa shape index (κ1) is 74.4. The third kappa shape index (κ3) is 25.4. The van der Waals surface area contributed by atoms with Gasteiger partial charge in [-0.2, -0.15) is 0 Å². The molecule has 0 aliphatic rings. The van der Waals surface area contributed by atoms with Crippen molar-refractivity contribution in [1.29, 1.82) is 0 Å². The van der Waals surface area contributed by atoms with Gasteiger partial charge >= 0.3 is 17.9 Å². The van der Waals surface area contributed by atoms with Gasteiger partial charge in [0.15, 0.2) is 20.6 Å². The smallest absolute Gasteiger partial charge is 0.343 e. The molecule has 0 spiro atoms. The Balaban J connectivity index is 0.000000212. The number of benzene rings is 4. The summed E-state index contributed by atoms with van der Waals surface area (Å²) >= 11 is 11.3. The topological polar surface area (TPSA) is 370 Å². The average molecular weight is 1380 g/mol. The van der Waals surface area contributed by atoms with Gasteiger partial charge in [-0.05, 0) is 61.1 Å². The van der Waals surface area contributed by atoms with Crippen LogP contribution in [0.15, 0.2) is 178 Å². The minimum absolute atomic E-state index is 0.0775. The summed E-state index contributed by atoms with van der Waals surface area (Å²) in [6, 6.07) is 39.1. The summed E-state index contributed by atoms with van der Waals surface area (Å²) in [4.78, 5) is 97.7. The Labute approximate surface area is 562 Å². The molecule has 1 atom stereocenters. The number of halogens is 1. The van der Waals surface area contributed by atoms with Gasteiger partial charge in [-0.3, -0.25) is 13.8 Å². The van der Waals surface area contributed by atoms with E-state index >= 15 is 0 Å². The molecule has 2 amide bonds. The Morgan fingerprint density at radius 2 is 0.742 bits per heavy atom. The monoisotopic (exact) mass is 1370 g/mol. The zero-order chi connectivity index (χ0) is 67.5. The highest BCUT2D eigenvalue weighted by molar-refractivity contribution is 7.99. The molecule has 31 heteroatoms. The lowest BCUT2D eigenvalue weighted by Crippen LogP contribution is -2.17. The first-order chi connectivity index (χ1) is 44.9. The molecule has 0 aliphatic carbocycles. The van der Waals surface area contributed by atoms with Crippen molar-refractivity contribution in [3.63, 3.8) is 0 Å². The fraction of sp³-hybridized carbons (Fsp3) is 0.210. The Hall–Kier alpha value is -9.33. The van der Waals surface area contributed by atoms with E-state index in [4.69, 9.17) is 37.6 Å². The lowest BCUT2D eigenvalue weighted by atomic mass is 10.2. The maximum absolute atomic E-state index is 11.9. The van der Waals surface area contributed by atoms with Gasteiger partial charge in [0.05, 0.1) is 35.1 Å². The van der Waals surface area contributed by atoms with E-state index in [1.165, 1.54) is 84.3 Å². The molecule has 9 rings (SSSR count). The van der Waals surface area contributed by atoms with Crippen LogP contribution in [0.4, 0.5) is 23.3 Å². The Morgan fingerprint density at radius 3 is 1.06 bits per heavy atom. The Bertz CT molecular complexity index is 3800. The number of anilines is 4. The largest absolute Gasteiger partial charge is 0.477 e. The van der Waals surface area contributed by atoms with Crippen LogP contribution in [-0.4, -0.2) is 133 Å². The number of primary amides is 2. The number of carbonyl (C=O) groups excluding carboxylic acids is 4. The van der Waals surface area contributed by atoms with Gasteiger partial charge in [0.1, 0.15) is 45.1 Å². The van der Waals surface area contributed by atoms with E-state index in [1.807, 2.05) is 146 Å². The first-order valence-electron chi connectivity index (χ1n) is 27.7. The number of rotatable bonds is 24. The van der Waals surface area contributed by atoms with Crippen LogP contribution in [0, 0.1) is 0 Å². The van der Waals surface area contributed by atoms with Gasteiger partial charge < -0.3 is 47.3 Å². The van der Waals surface area contributed by atoms with E-state index in [-0.39, 0.29) is 27.0 Å². The number of carbonyl (C=O) groups is 5. The number of ether oxygens (including phenoxy) is 2. The highest BCUT2D eigenvalue weighted by Gasteiger charge is 2.19. The van der Waals surface area contributed by atoms with Crippen molar-refractivity contribution in [1.82, 2.24) is 49.8 Å². The summed E-state index contributed by atoms with van der Waals surface area (Å²) in [5.74, 6) is -1.52. The second-order valence-electron chi connectivity index (χ2n) is 18.1. The Kier molecular flexibility index (Phi) is 32.4. The molecular formula is C62H67ClN16O9S5. The van der Waals surface area contributed by atoms with Crippen LogP contribution in [-0.2, 0) is 46.5 Å². The van der Waals surface area contributed by atoms with E-state index in [0.717, 1.165) is 22.3 Å². The molecule has 486 valence electrons. The number of nitrogens with one attached hydrogen (secondary N) is 4. The van der Waals surface area contributed by atoms with Gasteiger partial charge in [0, 0.05) is 63.4 Å². The summed E-state index contributed by atoms with van der Waals surface area (Å²) in [6.45, 7) is 6.28. The highest BCUT2D eigenvalue weighted by Crippen LogP contribution is 2.22. The SMILES string of the molecule is CCOC(=O)c1cnc(SC)nc1Cl.CCOC(=O)c1cnc(SC)nc1NCc1ccccc1.CS(=O)c1ncc(C(N)=O)c(NCc2ccccc2)n1.CSc1ncc(C(=O)O)c(NCc2ccccc2)n1.CSc1ncc(C(N)=O)c(NCc2ccccc2)n1. The van der Waals surface area contributed by atoms with E-state index < -0.39 is 40.5 Å². The fourth-order valence-corrected chi connectivity index (χ4v) is 9.27. The predicted molar refractivity (Wildman–Crippen MR) is 366 cm³/mol. The minimum Gasteiger partial charge on any atom is -0.477 e. The minimum atomic E-state index is -1.32. The van der Waals surface area contributed by atoms with Crippen LogP contribution in [0.5, 0.6) is 0 Å². The summed E-state index contributed by atoms with van der Waals surface area (Å²) < 4.78 is 21.2. The lowest BCUT2D eigenvalue weighted by Gasteiger charge is -2.11. The summed E-state index contributed by atoms with van der Waals surface area (Å²) in [5, 5.41) is 24.0. The molecule has 5 aromatic heterocycles. The molecule has 1 unspecified atom stereocenters. The van der Waals surface area contributed by atoms with Gasteiger partial charge in [-0.1, -0.05) is 180 Å². The standard InChI is InChI=1S/C15H17N3O2S.C13H14N4O2S.C13H14N4OS.C13H13N3O2S.C8H9ClN2O2S/c1-3-20-14(19)12-10-17-15(21-2)18-13(12)16-9-11-7-5-4-6-8-11;1-20(19)13-16-8-10(11(14)18)12(17-13)15-7-9-5-3-2-4-6-9;1-19-13-16-8-10(11(14)18)12(17-13)15-7-9-5-3-2-4-6-9;1-19-13-15-8-10(12(17)18)11(16-13)14-7-9-5-3-2-4-6-9;1-3-13-7(12)5-4-10-8(14-2)11-6(5)9/h4-8,10H,3,9H2,1-2H3,(H,16,17,18);2-6,8H,7H2,1H3,(H2,14,18)(H,15,16,17);2-6,8H,7H2,1H3,(H2,14,18)(H,15,16,17);2-6,8H,7H2,1H3,(H,17,18)(H,14,15,16);4H,3H2,1-2H3. The second-order valence-corrected chi connectivity index (χ2v) is 22.8. The first-order valence-corrected chi connectivity index (χ1v) is 34.5. The van der Waals surface area contributed by atoms with Crippen molar-refractivity contribution in [2.24, 2.45) is 11.5 Å². The molecule has 25 nitrogen and oxygen atoms in total. The number of carboxylic acid groups (broad SMARTS) is 1. The number of nitrogens with two attached hydrogens (primary N) is 2. The van der Waals surface area contributed by atoms with E-state index in [9.17, 15) is 28.2 Å². The van der Waals surface area contributed by atoms with Gasteiger partial charge in [-0.15, -0.1) is 0 Å². The number of hydrogen-bond acceptors (Lipinski definition) is 26.